The Bertz CT molecular complexity index is 273. The molecule has 0 radical (unpaired) electrons. The first-order chi connectivity index (χ1) is 7.86. The Hall–Kier alpha value is -0.350. The van der Waals surface area contributed by atoms with Crippen molar-refractivity contribution in [1.82, 2.24) is 15.1 Å². The highest BCUT2D eigenvalue weighted by Gasteiger charge is 1.96. The van der Waals surface area contributed by atoms with E-state index in [4.69, 9.17) is 0 Å². The Balaban J connectivity index is 1.98. The maximum atomic E-state index is 4.25. The molecule has 0 fully saturated rings. The minimum absolute atomic E-state index is 0.943. The van der Waals surface area contributed by atoms with Gasteiger partial charge in [0.2, 0.25) is 0 Å². The number of nitrogens with one attached hydrogen (secondary N) is 1. The molecule has 0 aliphatic heterocycles. The van der Waals surface area contributed by atoms with Crippen molar-refractivity contribution >= 4 is 15.9 Å². The predicted molar refractivity (Wildman–Crippen MR) is 71.9 cm³/mol. The summed E-state index contributed by atoms with van der Waals surface area (Å²) < 4.78 is 1.97. The molecule has 0 bridgehead atoms. The van der Waals surface area contributed by atoms with Crippen LogP contribution in [0.15, 0.2) is 12.4 Å². The smallest absolute Gasteiger partial charge is 0.0534 e. The van der Waals surface area contributed by atoms with Gasteiger partial charge >= 0.3 is 0 Å². The van der Waals surface area contributed by atoms with Crippen LogP contribution in [0.3, 0.4) is 0 Å². The normalized spacial score (nSPS) is 10.9. The Morgan fingerprint density at radius 3 is 2.81 bits per heavy atom. The molecule has 3 nitrogen and oxygen atoms in total. The quantitative estimate of drug-likeness (QED) is 0.559. The van der Waals surface area contributed by atoms with Crippen molar-refractivity contribution in [3.8, 4) is 0 Å². The number of rotatable bonds is 9. The fourth-order valence-corrected chi connectivity index (χ4v) is 2.00. The summed E-state index contributed by atoms with van der Waals surface area (Å²) in [4.78, 5) is 0. The van der Waals surface area contributed by atoms with Gasteiger partial charge in [-0.1, -0.05) is 28.8 Å². The van der Waals surface area contributed by atoms with Crippen LogP contribution >= 0.6 is 15.9 Å². The van der Waals surface area contributed by atoms with Crippen molar-refractivity contribution in [1.29, 1.82) is 0 Å². The molecule has 1 N–H and O–H groups in total. The summed E-state index contributed by atoms with van der Waals surface area (Å²) in [5, 5.41) is 8.83. The fourth-order valence-electron chi connectivity index (χ4n) is 1.60. The standard InChI is InChI=1S/C12H22BrN3/c1-2-16-11-12(10-15-16)9-14-8-6-4-3-5-7-13/h10-11,14H,2-9H2,1H3. The van der Waals surface area contributed by atoms with E-state index in [1.807, 2.05) is 10.9 Å². The van der Waals surface area contributed by atoms with Gasteiger partial charge in [-0.25, -0.2) is 0 Å². The molecule has 0 saturated heterocycles. The van der Waals surface area contributed by atoms with Crippen molar-refractivity contribution < 1.29 is 0 Å². The van der Waals surface area contributed by atoms with E-state index in [9.17, 15) is 0 Å². The topological polar surface area (TPSA) is 29.9 Å². The Labute approximate surface area is 107 Å². The third-order valence-corrected chi connectivity index (χ3v) is 3.14. The second kappa shape index (κ2) is 8.76. The van der Waals surface area contributed by atoms with Gasteiger partial charge < -0.3 is 5.32 Å². The van der Waals surface area contributed by atoms with E-state index >= 15 is 0 Å². The first-order valence-electron chi connectivity index (χ1n) is 6.15. The number of nitrogens with zero attached hydrogens (tertiary/aromatic N) is 2. The zero-order chi connectivity index (χ0) is 11.6. The van der Waals surface area contributed by atoms with Crippen LogP contribution < -0.4 is 5.32 Å². The van der Waals surface area contributed by atoms with Crippen molar-refractivity contribution in [2.45, 2.75) is 45.7 Å². The zero-order valence-electron chi connectivity index (χ0n) is 10.1. The Morgan fingerprint density at radius 1 is 1.31 bits per heavy atom. The third-order valence-electron chi connectivity index (χ3n) is 2.58. The molecule has 0 spiro atoms. The van der Waals surface area contributed by atoms with Crippen LogP contribution in [0.2, 0.25) is 0 Å². The minimum Gasteiger partial charge on any atom is -0.313 e. The van der Waals surface area contributed by atoms with Gasteiger partial charge in [0.25, 0.3) is 0 Å². The van der Waals surface area contributed by atoms with Gasteiger partial charge in [-0.3, -0.25) is 4.68 Å². The van der Waals surface area contributed by atoms with Crippen molar-refractivity contribution in [2.24, 2.45) is 0 Å². The van der Waals surface area contributed by atoms with E-state index in [0.717, 1.165) is 25.0 Å². The van der Waals surface area contributed by atoms with Crippen molar-refractivity contribution in [3.63, 3.8) is 0 Å². The first kappa shape index (κ1) is 13.7. The number of hydrogen-bond acceptors (Lipinski definition) is 2. The third kappa shape index (κ3) is 5.66. The van der Waals surface area contributed by atoms with Crippen LogP contribution in [0, 0.1) is 0 Å². The van der Waals surface area contributed by atoms with Gasteiger partial charge in [0.15, 0.2) is 0 Å². The van der Waals surface area contributed by atoms with Gasteiger partial charge in [-0.15, -0.1) is 0 Å². The highest BCUT2D eigenvalue weighted by atomic mass is 79.9. The summed E-state index contributed by atoms with van der Waals surface area (Å²) in [5.41, 5.74) is 1.28. The van der Waals surface area contributed by atoms with Gasteiger partial charge in [0.1, 0.15) is 0 Å². The summed E-state index contributed by atoms with van der Waals surface area (Å²) in [5.74, 6) is 0. The monoisotopic (exact) mass is 287 g/mol. The number of alkyl halides is 1. The van der Waals surface area contributed by atoms with Crippen LogP contribution in [0.1, 0.15) is 38.2 Å². The van der Waals surface area contributed by atoms with E-state index in [0.29, 0.717) is 0 Å². The lowest BCUT2D eigenvalue weighted by molar-refractivity contribution is 0.599. The largest absolute Gasteiger partial charge is 0.313 e. The summed E-state index contributed by atoms with van der Waals surface area (Å²) in [6, 6.07) is 0. The lowest BCUT2D eigenvalue weighted by Crippen LogP contribution is -2.14. The molecule has 16 heavy (non-hydrogen) atoms. The molecule has 1 aromatic heterocycles. The van der Waals surface area contributed by atoms with E-state index in [2.05, 4.69) is 39.5 Å². The molecule has 1 heterocycles. The number of aryl methyl sites for hydroxylation is 1. The van der Waals surface area contributed by atoms with E-state index in [1.54, 1.807) is 0 Å². The molecule has 92 valence electrons. The maximum absolute atomic E-state index is 4.25. The molecule has 0 saturated carbocycles. The molecule has 1 rings (SSSR count). The molecular weight excluding hydrogens is 266 g/mol. The second-order valence-electron chi connectivity index (χ2n) is 3.98. The number of halogens is 1. The fraction of sp³-hybridized carbons (Fsp3) is 0.750. The highest BCUT2D eigenvalue weighted by Crippen LogP contribution is 2.01. The Morgan fingerprint density at radius 2 is 2.12 bits per heavy atom. The molecule has 0 aromatic carbocycles. The Kier molecular flexibility index (Phi) is 7.51. The van der Waals surface area contributed by atoms with E-state index in [-0.39, 0.29) is 0 Å². The molecular formula is C12H22BrN3. The SMILES string of the molecule is CCn1cc(CNCCCCCCBr)cn1. The van der Waals surface area contributed by atoms with Gasteiger partial charge in [0.05, 0.1) is 6.20 Å². The highest BCUT2D eigenvalue weighted by molar-refractivity contribution is 9.09. The molecule has 4 heteroatoms. The number of unbranched alkanes of at least 4 members (excludes halogenated alkanes) is 3. The summed E-state index contributed by atoms with van der Waals surface area (Å²) in [6.07, 6.45) is 9.28. The molecule has 0 unspecified atom stereocenters. The molecule has 0 amide bonds. The summed E-state index contributed by atoms with van der Waals surface area (Å²) in [7, 11) is 0. The predicted octanol–water partition coefficient (Wildman–Crippen LogP) is 2.95. The van der Waals surface area contributed by atoms with Crippen LogP contribution in [-0.4, -0.2) is 21.7 Å². The number of hydrogen-bond donors (Lipinski definition) is 1. The first-order valence-corrected chi connectivity index (χ1v) is 7.27. The molecule has 0 atom stereocenters. The second-order valence-corrected chi connectivity index (χ2v) is 4.78. The maximum Gasteiger partial charge on any atom is 0.0534 e. The zero-order valence-corrected chi connectivity index (χ0v) is 11.7. The number of aromatic nitrogens is 2. The lowest BCUT2D eigenvalue weighted by Gasteiger charge is -2.02. The van der Waals surface area contributed by atoms with Crippen molar-refractivity contribution in [2.75, 3.05) is 11.9 Å². The van der Waals surface area contributed by atoms with E-state index < -0.39 is 0 Å². The molecule has 0 aliphatic rings. The van der Waals surface area contributed by atoms with Crippen LogP contribution in [0.5, 0.6) is 0 Å². The van der Waals surface area contributed by atoms with Crippen LogP contribution in [0.4, 0.5) is 0 Å². The molecule has 0 aliphatic carbocycles. The van der Waals surface area contributed by atoms with Gasteiger partial charge in [0, 0.05) is 30.2 Å². The molecule has 1 aromatic rings. The van der Waals surface area contributed by atoms with Crippen LogP contribution in [0.25, 0.3) is 0 Å². The van der Waals surface area contributed by atoms with Gasteiger partial charge in [-0.05, 0) is 26.3 Å². The lowest BCUT2D eigenvalue weighted by atomic mass is 10.2. The average Bonchev–Trinajstić information content (AvgIpc) is 2.76. The average molecular weight is 288 g/mol. The minimum atomic E-state index is 0.943. The van der Waals surface area contributed by atoms with Crippen molar-refractivity contribution in [3.05, 3.63) is 18.0 Å². The van der Waals surface area contributed by atoms with Gasteiger partial charge in [-0.2, -0.15) is 5.10 Å². The summed E-state index contributed by atoms with van der Waals surface area (Å²) >= 11 is 3.45. The summed E-state index contributed by atoms with van der Waals surface area (Å²) in [6.45, 7) is 5.11. The van der Waals surface area contributed by atoms with E-state index in [1.165, 1.54) is 31.2 Å². The van der Waals surface area contributed by atoms with Crippen LogP contribution in [-0.2, 0) is 13.1 Å².